The van der Waals surface area contributed by atoms with Gasteiger partial charge in [-0.3, -0.25) is 14.6 Å². The number of hydrogen-bond acceptors (Lipinski definition) is 6. The Balaban J connectivity index is 1.76. The van der Waals surface area contributed by atoms with Gasteiger partial charge in [-0.25, -0.2) is 4.39 Å². The molecule has 1 aromatic carbocycles. The van der Waals surface area contributed by atoms with Crippen LogP contribution in [0.5, 0.6) is 0 Å². The van der Waals surface area contributed by atoms with Crippen LogP contribution in [0.1, 0.15) is 25.8 Å². The fraction of sp³-hybridized carbons (Fsp3) is 0.524. The first-order valence-corrected chi connectivity index (χ1v) is 11.3. The SMILES string of the molecule is CC[C@@H](C)N1C(=O)/C(=C\N(CCN2CCOCC2)Cc2ccccc2F)SC1=S. The molecule has 0 saturated carbocycles. The number of amides is 1. The zero-order valence-corrected chi connectivity index (χ0v) is 18.6. The summed E-state index contributed by atoms with van der Waals surface area (Å²) >= 11 is 6.76. The van der Waals surface area contributed by atoms with E-state index in [0.717, 1.165) is 39.3 Å². The summed E-state index contributed by atoms with van der Waals surface area (Å²) in [6, 6.07) is 6.85. The zero-order valence-electron chi connectivity index (χ0n) is 17.0. The van der Waals surface area contributed by atoms with Crippen LogP contribution in [-0.4, -0.2) is 70.4 Å². The number of benzene rings is 1. The monoisotopic (exact) mass is 437 g/mol. The maximum absolute atomic E-state index is 14.2. The quantitative estimate of drug-likeness (QED) is 0.458. The van der Waals surface area contributed by atoms with Crippen LogP contribution in [0.2, 0.25) is 0 Å². The number of halogens is 1. The first-order chi connectivity index (χ1) is 14.0. The van der Waals surface area contributed by atoms with E-state index in [1.807, 2.05) is 31.0 Å². The highest BCUT2D eigenvalue weighted by atomic mass is 32.2. The number of carbonyl (C=O) groups is 1. The molecule has 5 nitrogen and oxygen atoms in total. The number of carbonyl (C=O) groups excluding carboxylic acids is 1. The molecule has 2 heterocycles. The van der Waals surface area contributed by atoms with Crippen LogP contribution in [-0.2, 0) is 16.1 Å². The third kappa shape index (κ3) is 5.78. The molecular weight excluding hydrogens is 409 g/mol. The highest BCUT2D eigenvalue weighted by molar-refractivity contribution is 8.26. The highest BCUT2D eigenvalue weighted by Gasteiger charge is 2.35. The minimum atomic E-state index is -0.232. The lowest BCUT2D eigenvalue weighted by molar-refractivity contribution is -0.123. The summed E-state index contributed by atoms with van der Waals surface area (Å²) in [5, 5.41) is 0. The Morgan fingerprint density at radius 2 is 2.07 bits per heavy atom. The number of nitrogens with zero attached hydrogens (tertiary/aromatic N) is 3. The van der Waals surface area contributed by atoms with Crippen LogP contribution >= 0.6 is 24.0 Å². The fourth-order valence-electron chi connectivity index (χ4n) is 3.33. The van der Waals surface area contributed by atoms with E-state index >= 15 is 0 Å². The predicted molar refractivity (Wildman–Crippen MR) is 119 cm³/mol. The molecule has 158 valence electrons. The summed E-state index contributed by atoms with van der Waals surface area (Å²) < 4.78 is 20.2. The van der Waals surface area contributed by atoms with Crippen molar-refractivity contribution in [3.8, 4) is 0 Å². The second-order valence-electron chi connectivity index (χ2n) is 7.31. The molecule has 0 bridgehead atoms. The molecule has 0 aliphatic carbocycles. The van der Waals surface area contributed by atoms with Crippen LogP contribution in [0.3, 0.4) is 0 Å². The minimum Gasteiger partial charge on any atom is -0.379 e. The minimum absolute atomic E-state index is 0.0562. The van der Waals surface area contributed by atoms with E-state index in [0.29, 0.717) is 27.9 Å². The van der Waals surface area contributed by atoms with Crippen molar-refractivity contribution in [1.82, 2.24) is 14.7 Å². The topological polar surface area (TPSA) is 36.0 Å². The highest BCUT2D eigenvalue weighted by Crippen LogP contribution is 2.33. The van der Waals surface area contributed by atoms with Gasteiger partial charge in [0.2, 0.25) is 0 Å². The van der Waals surface area contributed by atoms with Crippen LogP contribution in [0.15, 0.2) is 35.4 Å². The van der Waals surface area contributed by atoms with E-state index in [4.69, 9.17) is 17.0 Å². The Bertz CT molecular complexity index is 768. The molecule has 0 N–H and O–H groups in total. The van der Waals surface area contributed by atoms with E-state index in [1.165, 1.54) is 17.8 Å². The molecule has 2 aliphatic rings. The van der Waals surface area contributed by atoms with Crippen molar-refractivity contribution in [2.45, 2.75) is 32.9 Å². The van der Waals surface area contributed by atoms with Crippen LogP contribution in [0.25, 0.3) is 0 Å². The summed E-state index contributed by atoms with van der Waals surface area (Å²) in [6.45, 7) is 9.24. The first kappa shape index (κ1) is 22.2. The van der Waals surface area contributed by atoms with E-state index < -0.39 is 0 Å². The van der Waals surface area contributed by atoms with Gasteiger partial charge < -0.3 is 9.64 Å². The Labute approximate surface area is 181 Å². The van der Waals surface area contributed by atoms with Gasteiger partial charge in [-0.2, -0.15) is 0 Å². The molecule has 0 unspecified atom stereocenters. The molecule has 2 aliphatic heterocycles. The van der Waals surface area contributed by atoms with Gasteiger partial charge in [0, 0.05) is 50.5 Å². The number of hydrogen-bond donors (Lipinski definition) is 0. The standard InChI is InChI=1S/C21H28FN3O2S2/c1-3-16(2)25-20(26)19(29-21(25)28)15-24(9-8-23-10-12-27-13-11-23)14-17-6-4-5-7-18(17)22/h4-7,15-16H,3,8-14H2,1-2H3/b19-15+/t16-/m1/s1. The fourth-order valence-corrected chi connectivity index (χ4v) is 4.80. The number of thioether (sulfide) groups is 1. The second kappa shape index (κ2) is 10.5. The van der Waals surface area contributed by atoms with Gasteiger partial charge >= 0.3 is 0 Å². The molecule has 0 radical (unpaired) electrons. The van der Waals surface area contributed by atoms with Crippen molar-refractivity contribution in [3.63, 3.8) is 0 Å². The van der Waals surface area contributed by atoms with Crippen LogP contribution < -0.4 is 0 Å². The summed E-state index contributed by atoms with van der Waals surface area (Å²) in [7, 11) is 0. The van der Waals surface area contributed by atoms with Crippen LogP contribution in [0, 0.1) is 5.82 Å². The van der Waals surface area contributed by atoms with Crippen molar-refractivity contribution in [2.75, 3.05) is 39.4 Å². The molecule has 1 amide bonds. The van der Waals surface area contributed by atoms with Gasteiger partial charge in [0.25, 0.3) is 5.91 Å². The van der Waals surface area contributed by atoms with Crippen molar-refractivity contribution in [2.24, 2.45) is 0 Å². The lowest BCUT2D eigenvalue weighted by atomic mass is 10.2. The molecule has 3 rings (SSSR count). The van der Waals surface area contributed by atoms with Crippen molar-refractivity contribution >= 4 is 34.2 Å². The van der Waals surface area contributed by atoms with Crippen molar-refractivity contribution in [1.29, 1.82) is 0 Å². The van der Waals surface area contributed by atoms with Crippen molar-refractivity contribution in [3.05, 3.63) is 46.8 Å². The Morgan fingerprint density at radius 3 is 2.76 bits per heavy atom. The molecular formula is C21H28FN3O2S2. The Hall–Kier alpha value is -1.48. The van der Waals surface area contributed by atoms with Gasteiger partial charge in [-0.15, -0.1) is 0 Å². The van der Waals surface area contributed by atoms with Crippen molar-refractivity contribution < 1.29 is 13.9 Å². The zero-order chi connectivity index (χ0) is 20.8. The lowest BCUT2D eigenvalue weighted by Crippen LogP contribution is -2.40. The predicted octanol–water partition coefficient (Wildman–Crippen LogP) is 3.46. The average molecular weight is 438 g/mol. The molecule has 2 fully saturated rings. The van der Waals surface area contributed by atoms with Gasteiger partial charge in [0.15, 0.2) is 0 Å². The summed E-state index contributed by atoms with van der Waals surface area (Å²) in [5.41, 5.74) is 0.614. The molecule has 29 heavy (non-hydrogen) atoms. The van der Waals surface area contributed by atoms with E-state index in [2.05, 4.69) is 4.90 Å². The Morgan fingerprint density at radius 1 is 1.34 bits per heavy atom. The van der Waals surface area contributed by atoms with E-state index in [1.54, 1.807) is 17.0 Å². The molecule has 8 heteroatoms. The maximum Gasteiger partial charge on any atom is 0.267 e. The van der Waals surface area contributed by atoms with E-state index in [-0.39, 0.29) is 17.8 Å². The molecule has 1 atom stereocenters. The average Bonchev–Trinajstić information content (AvgIpc) is 3.01. The second-order valence-corrected chi connectivity index (χ2v) is 8.99. The summed E-state index contributed by atoms with van der Waals surface area (Å²) in [6.07, 6.45) is 2.70. The summed E-state index contributed by atoms with van der Waals surface area (Å²) in [5.74, 6) is -0.288. The normalized spacial score (nSPS) is 20.5. The number of rotatable bonds is 8. The largest absolute Gasteiger partial charge is 0.379 e. The number of thiocarbonyl (C=S) groups is 1. The van der Waals surface area contributed by atoms with E-state index in [9.17, 15) is 9.18 Å². The molecule has 0 spiro atoms. The van der Waals surface area contributed by atoms with Gasteiger partial charge in [0.1, 0.15) is 10.1 Å². The first-order valence-electron chi connectivity index (χ1n) is 10.0. The molecule has 0 aromatic heterocycles. The van der Waals surface area contributed by atoms with Crippen LogP contribution in [0.4, 0.5) is 4.39 Å². The third-order valence-electron chi connectivity index (χ3n) is 5.29. The third-order valence-corrected chi connectivity index (χ3v) is 6.61. The van der Waals surface area contributed by atoms with Gasteiger partial charge in [-0.05, 0) is 19.4 Å². The Kier molecular flexibility index (Phi) is 8.06. The van der Waals surface area contributed by atoms with Gasteiger partial charge in [-0.1, -0.05) is 49.1 Å². The lowest BCUT2D eigenvalue weighted by Gasteiger charge is -2.30. The maximum atomic E-state index is 14.2. The van der Waals surface area contributed by atoms with Gasteiger partial charge in [0.05, 0.1) is 18.1 Å². The molecule has 2 saturated heterocycles. The summed E-state index contributed by atoms with van der Waals surface area (Å²) in [4.78, 5) is 19.5. The molecule has 1 aromatic rings. The number of morpholine rings is 1. The number of ether oxygens (including phenoxy) is 1. The smallest absolute Gasteiger partial charge is 0.267 e.